The Bertz CT molecular complexity index is 395. The van der Waals surface area contributed by atoms with Gasteiger partial charge in [0.1, 0.15) is 6.29 Å². The van der Waals surface area contributed by atoms with Gasteiger partial charge in [0.2, 0.25) is 0 Å². The molecule has 0 spiro atoms. The van der Waals surface area contributed by atoms with E-state index in [1.54, 1.807) is 0 Å². The lowest BCUT2D eigenvalue weighted by molar-refractivity contribution is 0.112. The van der Waals surface area contributed by atoms with E-state index in [0.29, 0.717) is 5.92 Å². The third-order valence-corrected chi connectivity index (χ3v) is 4.25. The Balaban J connectivity index is 2.16. The highest BCUT2D eigenvalue weighted by Gasteiger charge is 2.22. The van der Waals surface area contributed by atoms with Crippen LogP contribution in [0.15, 0.2) is 18.2 Å². The molecule has 2 atom stereocenters. The van der Waals surface area contributed by atoms with Gasteiger partial charge in [-0.1, -0.05) is 44.4 Å². The number of carbonyl (C=O) groups is 1. The maximum Gasteiger partial charge on any atom is 0.150 e. The fourth-order valence-electron chi connectivity index (χ4n) is 3.05. The number of benzene rings is 1. The molecule has 0 N–H and O–H groups in total. The minimum absolute atomic E-state index is 0.716. The molecule has 1 saturated carbocycles. The average molecular weight is 230 g/mol. The topological polar surface area (TPSA) is 17.1 Å². The van der Waals surface area contributed by atoms with Crippen molar-refractivity contribution in [2.24, 2.45) is 5.92 Å². The minimum atomic E-state index is 0.716. The van der Waals surface area contributed by atoms with E-state index in [9.17, 15) is 4.79 Å². The molecule has 0 heterocycles. The summed E-state index contributed by atoms with van der Waals surface area (Å²) in [4.78, 5) is 10.8. The van der Waals surface area contributed by atoms with E-state index < -0.39 is 0 Å². The summed E-state index contributed by atoms with van der Waals surface area (Å²) in [6.45, 7) is 4.33. The van der Waals surface area contributed by atoms with Crippen LogP contribution in [0.4, 0.5) is 0 Å². The van der Waals surface area contributed by atoms with E-state index in [0.717, 1.165) is 23.3 Å². The summed E-state index contributed by atoms with van der Waals surface area (Å²) < 4.78 is 0. The van der Waals surface area contributed by atoms with Crippen molar-refractivity contribution in [3.8, 4) is 0 Å². The van der Waals surface area contributed by atoms with Crippen molar-refractivity contribution in [1.29, 1.82) is 0 Å². The molecular formula is C16H22O. The Hall–Kier alpha value is -1.11. The van der Waals surface area contributed by atoms with Crippen LogP contribution in [0.2, 0.25) is 0 Å². The lowest BCUT2D eigenvalue weighted by atomic mass is 9.76. The van der Waals surface area contributed by atoms with Crippen LogP contribution >= 0.6 is 0 Å². The predicted octanol–water partition coefficient (Wildman–Crippen LogP) is 4.49. The summed E-state index contributed by atoms with van der Waals surface area (Å²) >= 11 is 0. The molecule has 17 heavy (non-hydrogen) atoms. The summed E-state index contributed by atoms with van der Waals surface area (Å²) in [7, 11) is 0. The van der Waals surface area contributed by atoms with Crippen LogP contribution in [0.1, 0.15) is 66.4 Å². The highest BCUT2D eigenvalue weighted by atomic mass is 16.1. The van der Waals surface area contributed by atoms with Crippen LogP contribution in [0, 0.1) is 12.8 Å². The fourth-order valence-corrected chi connectivity index (χ4v) is 3.05. The number of aryl methyl sites for hydroxylation is 1. The molecule has 1 nitrogen and oxygen atoms in total. The van der Waals surface area contributed by atoms with Crippen molar-refractivity contribution in [3.63, 3.8) is 0 Å². The standard InChI is InChI=1S/C16H22O/c1-3-13-5-4-6-14(10-13)15-7-8-16(11-17)12(2)9-15/h7-9,11,13-14H,3-6,10H2,1-2H3. The van der Waals surface area contributed by atoms with E-state index >= 15 is 0 Å². The van der Waals surface area contributed by atoms with E-state index in [2.05, 4.69) is 19.1 Å². The predicted molar refractivity (Wildman–Crippen MR) is 71.6 cm³/mol. The fraction of sp³-hybridized carbons (Fsp3) is 0.562. The normalized spacial score (nSPS) is 24.6. The zero-order valence-corrected chi connectivity index (χ0v) is 10.9. The van der Waals surface area contributed by atoms with E-state index in [1.165, 1.54) is 37.7 Å². The first-order chi connectivity index (χ1) is 8.24. The number of carbonyl (C=O) groups excluding carboxylic acids is 1. The van der Waals surface area contributed by atoms with E-state index in [1.807, 2.05) is 13.0 Å². The Morgan fingerprint density at radius 2 is 2.18 bits per heavy atom. The zero-order valence-electron chi connectivity index (χ0n) is 10.9. The molecule has 2 rings (SSSR count). The van der Waals surface area contributed by atoms with E-state index in [-0.39, 0.29) is 0 Å². The molecule has 1 aromatic carbocycles. The van der Waals surface area contributed by atoms with Gasteiger partial charge in [-0.05, 0) is 42.7 Å². The first-order valence-electron chi connectivity index (χ1n) is 6.80. The second-order valence-corrected chi connectivity index (χ2v) is 5.37. The number of rotatable bonds is 3. The summed E-state index contributed by atoms with van der Waals surface area (Å²) in [6.07, 6.45) is 7.67. The van der Waals surface area contributed by atoms with Crippen molar-refractivity contribution < 1.29 is 4.79 Å². The molecule has 0 amide bonds. The Morgan fingerprint density at radius 3 is 2.82 bits per heavy atom. The summed E-state index contributed by atoms with van der Waals surface area (Å²) in [5, 5.41) is 0. The van der Waals surface area contributed by atoms with E-state index in [4.69, 9.17) is 0 Å². The molecule has 0 aliphatic heterocycles. The Labute approximate surface area is 104 Å². The lowest BCUT2D eigenvalue weighted by Crippen LogP contribution is -2.13. The van der Waals surface area contributed by atoms with Crippen LogP contribution in [0.5, 0.6) is 0 Å². The van der Waals surface area contributed by atoms with Crippen molar-refractivity contribution in [3.05, 3.63) is 34.9 Å². The molecule has 1 aromatic rings. The summed E-state index contributed by atoms with van der Waals surface area (Å²) in [6, 6.07) is 6.35. The van der Waals surface area contributed by atoms with Gasteiger partial charge in [-0.15, -0.1) is 0 Å². The van der Waals surface area contributed by atoms with Gasteiger partial charge in [-0.2, -0.15) is 0 Å². The van der Waals surface area contributed by atoms with Crippen LogP contribution < -0.4 is 0 Å². The van der Waals surface area contributed by atoms with Crippen LogP contribution in [0.25, 0.3) is 0 Å². The lowest BCUT2D eigenvalue weighted by Gasteiger charge is -2.29. The summed E-state index contributed by atoms with van der Waals surface area (Å²) in [5.41, 5.74) is 3.39. The molecule has 0 radical (unpaired) electrons. The summed E-state index contributed by atoms with van der Waals surface area (Å²) in [5.74, 6) is 1.62. The van der Waals surface area contributed by atoms with Crippen LogP contribution in [-0.4, -0.2) is 6.29 Å². The Kier molecular flexibility index (Phi) is 3.98. The smallest absolute Gasteiger partial charge is 0.150 e. The number of aldehydes is 1. The second kappa shape index (κ2) is 5.48. The van der Waals surface area contributed by atoms with Gasteiger partial charge in [0.25, 0.3) is 0 Å². The number of hydrogen-bond donors (Lipinski definition) is 0. The Morgan fingerprint density at radius 1 is 1.35 bits per heavy atom. The molecule has 0 saturated heterocycles. The molecule has 1 fully saturated rings. The molecule has 1 aliphatic rings. The van der Waals surface area contributed by atoms with Crippen molar-refractivity contribution >= 4 is 6.29 Å². The van der Waals surface area contributed by atoms with Crippen LogP contribution in [0.3, 0.4) is 0 Å². The third kappa shape index (κ3) is 2.77. The van der Waals surface area contributed by atoms with Gasteiger partial charge in [0.15, 0.2) is 0 Å². The van der Waals surface area contributed by atoms with Crippen molar-refractivity contribution in [2.45, 2.75) is 51.9 Å². The largest absolute Gasteiger partial charge is 0.298 e. The van der Waals surface area contributed by atoms with Gasteiger partial charge in [-0.3, -0.25) is 4.79 Å². The van der Waals surface area contributed by atoms with Crippen molar-refractivity contribution in [2.75, 3.05) is 0 Å². The number of hydrogen-bond acceptors (Lipinski definition) is 1. The van der Waals surface area contributed by atoms with Gasteiger partial charge in [-0.25, -0.2) is 0 Å². The van der Waals surface area contributed by atoms with Gasteiger partial charge in [0.05, 0.1) is 0 Å². The third-order valence-electron chi connectivity index (χ3n) is 4.25. The zero-order chi connectivity index (χ0) is 12.3. The minimum Gasteiger partial charge on any atom is -0.298 e. The monoisotopic (exact) mass is 230 g/mol. The molecule has 1 aliphatic carbocycles. The van der Waals surface area contributed by atoms with Crippen LogP contribution in [-0.2, 0) is 0 Å². The molecule has 0 bridgehead atoms. The first-order valence-corrected chi connectivity index (χ1v) is 6.80. The average Bonchev–Trinajstić information content (AvgIpc) is 2.38. The molecule has 0 aromatic heterocycles. The molecular weight excluding hydrogens is 208 g/mol. The highest BCUT2D eigenvalue weighted by Crippen LogP contribution is 2.37. The molecule has 92 valence electrons. The van der Waals surface area contributed by atoms with Crippen molar-refractivity contribution in [1.82, 2.24) is 0 Å². The second-order valence-electron chi connectivity index (χ2n) is 5.37. The first kappa shape index (κ1) is 12.3. The van der Waals surface area contributed by atoms with Gasteiger partial charge < -0.3 is 0 Å². The maximum atomic E-state index is 10.8. The molecule has 2 unspecified atom stereocenters. The van der Waals surface area contributed by atoms with Gasteiger partial charge in [0, 0.05) is 5.56 Å². The highest BCUT2D eigenvalue weighted by molar-refractivity contribution is 5.77. The molecule has 1 heteroatoms. The quantitative estimate of drug-likeness (QED) is 0.699. The maximum absolute atomic E-state index is 10.8. The van der Waals surface area contributed by atoms with Gasteiger partial charge >= 0.3 is 0 Å². The SMILES string of the molecule is CCC1CCCC(c2ccc(C=O)c(C)c2)C1.